The maximum atomic E-state index is 10.5. The molecular formula is C19H24O. The van der Waals surface area contributed by atoms with E-state index in [4.69, 9.17) is 0 Å². The van der Waals surface area contributed by atoms with E-state index >= 15 is 0 Å². The molecule has 0 aliphatic rings. The largest absolute Gasteiger partial charge is 0.388 e. The van der Waals surface area contributed by atoms with Crippen LogP contribution in [0.15, 0.2) is 36.4 Å². The molecule has 2 aromatic rings. The quantitative estimate of drug-likeness (QED) is 0.860. The molecule has 20 heavy (non-hydrogen) atoms. The lowest BCUT2D eigenvalue weighted by molar-refractivity contribution is 0.167. The van der Waals surface area contributed by atoms with Gasteiger partial charge >= 0.3 is 0 Å². The van der Waals surface area contributed by atoms with Crippen molar-refractivity contribution in [3.8, 4) is 0 Å². The van der Waals surface area contributed by atoms with Gasteiger partial charge in [0.15, 0.2) is 0 Å². The maximum Gasteiger partial charge on any atom is 0.0795 e. The highest BCUT2D eigenvalue weighted by molar-refractivity contribution is 5.37. The fourth-order valence-electron chi connectivity index (χ4n) is 2.68. The van der Waals surface area contributed by atoms with Crippen LogP contribution in [0.5, 0.6) is 0 Å². The van der Waals surface area contributed by atoms with Gasteiger partial charge in [0.2, 0.25) is 0 Å². The SMILES string of the molecule is Cc1cc(C)c(C(O)CCc2ccccc2C)cc1C. The number of aliphatic hydroxyl groups excluding tert-OH is 1. The molecule has 0 aromatic heterocycles. The standard InChI is InChI=1S/C19H24O/c1-13-7-5-6-8-17(13)9-10-19(20)18-12-15(3)14(2)11-16(18)4/h5-8,11-12,19-20H,9-10H2,1-4H3. The molecule has 0 fully saturated rings. The monoisotopic (exact) mass is 268 g/mol. The Bertz CT molecular complexity index is 599. The Morgan fingerprint density at radius 1 is 0.850 bits per heavy atom. The van der Waals surface area contributed by atoms with Crippen molar-refractivity contribution in [2.24, 2.45) is 0 Å². The van der Waals surface area contributed by atoms with Crippen molar-refractivity contribution in [2.45, 2.75) is 46.6 Å². The summed E-state index contributed by atoms with van der Waals surface area (Å²) in [6, 6.07) is 12.7. The van der Waals surface area contributed by atoms with Crippen molar-refractivity contribution in [3.05, 3.63) is 69.8 Å². The van der Waals surface area contributed by atoms with Crippen molar-refractivity contribution in [2.75, 3.05) is 0 Å². The number of rotatable bonds is 4. The first kappa shape index (κ1) is 14.8. The third-order valence-corrected chi connectivity index (χ3v) is 4.19. The summed E-state index contributed by atoms with van der Waals surface area (Å²) in [6.45, 7) is 8.43. The Labute approximate surface area is 122 Å². The third-order valence-electron chi connectivity index (χ3n) is 4.19. The van der Waals surface area contributed by atoms with Gasteiger partial charge in [-0.05, 0) is 73.9 Å². The van der Waals surface area contributed by atoms with Gasteiger partial charge in [-0.2, -0.15) is 0 Å². The summed E-state index contributed by atoms with van der Waals surface area (Å²) in [6.07, 6.45) is 1.31. The van der Waals surface area contributed by atoms with E-state index in [1.54, 1.807) is 0 Å². The van der Waals surface area contributed by atoms with E-state index in [1.807, 2.05) is 0 Å². The summed E-state index contributed by atoms with van der Waals surface area (Å²) in [5, 5.41) is 10.5. The summed E-state index contributed by atoms with van der Waals surface area (Å²) >= 11 is 0. The maximum absolute atomic E-state index is 10.5. The van der Waals surface area contributed by atoms with Gasteiger partial charge in [0, 0.05) is 0 Å². The van der Waals surface area contributed by atoms with Crippen LogP contribution in [0.1, 0.15) is 45.9 Å². The van der Waals surface area contributed by atoms with Crippen LogP contribution in [-0.2, 0) is 6.42 Å². The summed E-state index contributed by atoms with van der Waals surface area (Å²) in [5.74, 6) is 0. The van der Waals surface area contributed by atoms with E-state index in [0.29, 0.717) is 0 Å². The highest BCUT2D eigenvalue weighted by Crippen LogP contribution is 2.25. The zero-order valence-corrected chi connectivity index (χ0v) is 12.9. The van der Waals surface area contributed by atoms with E-state index in [0.717, 1.165) is 18.4 Å². The molecule has 0 saturated carbocycles. The zero-order chi connectivity index (χ0) is 14.7. The van der Waals surface area contributed by atoms with E-state index < -0.39 is 0 Å². The first-order valence-corrected chi connectivity index (χ1v) is 7.29. The Kier molecular flexibility index (Phi) is 4.61. The topological polar surface area (TPSA) is 20.2 Å². The second-order valence-corrected chi connectivity index (χ2v) is 5.77. The number of benzene rings is 2. The molecule has 0 saturated heterocycles. The van der Waals surface area contributed by atoms with E-state index in [-0.39, 0.29) is 6.10 Å². The molecule has 1 heteroatoms. The molecular weight excluding hydrogens is 244 g/mol. The Balaban J connectivity index is 2.11. The van der Waals surface area contributed by atoms with Gasteiger partial charge in [0.1, 0.15) is 0 Å². The van der Waals surface area contributed by atoms with Crippen LogP contribution in [0, 0.1) is 27.7 Å². The molecule has 2 rings (SSSR count). The zero-order valence-electron chi connectivity index (χ0n) is 12.9. The van der Waals surface area contributed by atoms with Gasteiger partial charge in [0.05, 0.1) is 6.10 Å². The summed E-state index contributed by atoms with van der Waals surface area (Å²) in [5.41, 5.74) is 7.43. The first-order chi connectivity index (χ1) is 9.49. The average molecular weight is 268 g/mol. The number of aryl methyl sites for hydroxylation is 5. The van der Waals surface area contributed by atoms with Crippen LogP contribution in [0.4, 0.5) is 0 Å². The number of hydrogen-bond donors (Lipinski definition) is 1. The van der Waals surface area contributed by atoms with Gasteiger partial charge in [-0.1, -0.05) is 36.4 Å². The van der Waals surface area contributed by atoms with E-state index in [2.05, 4.69) is 64.1 Å². The highest BCUT2D eigenvalue weighted by Gasteiger charge is 2.12. The smallest absolute Gasteiger partial charge is 0.0795 e. The fourth-order valence-corrected chi connectivity index (χ4v) is 2.68. The van der Waals surface area contributed by atoms with Crippen molar-refractivity contribution < 1.29 is 5.11 Å². The molecule has 0 amide bonds. The van der Waals surface area contributed by atoms with Crippen molar-refractivity contribution in [1.82, 2.24) is 0 Å². The van der Waals surface area contributed by atoms with Gasteiger partial charge in [-0.3, -0.25) is 0 Å². The van der Waals surface area contributed by atoms with Crippen LogP contribution in [0.25, 0.3) is 0 Å². The normalized spacial score (nSPS) is 12.4. The van der Waals surface area contributed by atoms with Crippen molar-refractivity contribution in [1.29, 1.82) is 0 Å². The highest BCUT2D eigenvalue weighted by atomic mass is 16.3. The predicted octanol–water partition coefficient (Wildman–Crippen LogP) is 4.59. The second-order valence-electron chi connectivity index (χ2n) is 5.77. The molecule has 0 aliphatic carbocycles. The second kappa shape index (κ2) is 6.23. The van der Waals surface area contributed by atoms with Gasteiger partial charge in [-0.15, -0.1) is 0 Å². The van der Waals surface area contributed by atoms with E-state index in [9.17, 15) is 5.11 Å². The lowest BCUT2D eigenvalue weighted by Crippen LogP contribution is -2.04. The molecule has 106 valence electrons. The van der Waals surface area contributed by atoms with Crippen LogP contribution in [-0.4, -0.2) is 5.11 Å². The minimum Gasteiger partial charge on any atom is -0.388 e. The molecule has 0 bridgehead atoms. The van der Waals surface area contributed by atoms with Crippen LogP contribution >= 0.6 is 0 Å². The lowest BCUT2D eigenvalue weighted by atomic mass is 9.93. The minimum atomic E-state index is -0.381. The van der Waals surface area contributed by atoms with E-state index in [1.165, 1.54) is 27.8 Å². The van der Waals surface area contributed by atoms with Gasteiger partial charge in [-0.25, -0.2) is 0 Å². The Hall–Kier alpha value is -1.60. The predicted molar refractivity (Wildman–Crippen MR) is 85.1 cm³/mol. The minimum absolute atomic E-state index is 0.381. The Morgan fingerprint density at radius 2 is 1.50 bits per heavy atom. The third kappa shape index (κ3) is 3.29. The van der Waals surface area contributed by atoms with Crippen molar-refractivity contribution in [3.63, 3.8) is 0 Å². The molecule has 0 aliphatic heterocycles. The lowest BCUT2D eigenvalue weighted by Gasteiger charge is -2.16. The molecule has 1 atom stereocenters. The average Bonchev–Trinajstić information content (AvgIpc) is 2.41. The molecule has 1 N–H and O–H groups in total. The van der Waals surface area contributed by atoms with Gasteiger partial charge < -0.3 is 5.11 Å². The molecule has 1 nitrogen and oxygen atoms in total. The van der Waals surface area contributed by atoms with Crippen molar-refractivity contribution >= 4 is 0 Å². The van der Waals surface area contributed by atoms with Gasteiger partial charge in [0.25, 0.3) is 0 Å². The molecule has 2 aromatic carbocycles. The summed E-state index contributed by atoms with van der Waals surface area (Å²) in [7, 11) is 0. The van der Waals surface area contributed by atoms with Crippen LogP contribution < -0.4 is 0 Å². The van der Waals surface area contributed by atoms with Crippen LogP contribution in [0.3, 0.4) is 0 Å². The number of hydrogen-bond acceptors (Lipinski definition) is 1. The summed E-state index contributed by atoms with van der Waals surface area (Å²) < 4.78 is 0. The molecule has 0 heterocycles. The Morgan fingerprint density at radius 3 is 2.20 bits per heavy atom. The number of aliphatic hydroxyl groups is 1. The molecule has 0 radical (unpaired) electrons. The first-order valence-electron chi connectivity index (χ1n) is 7.29. The van der Waals surface area contributed by atoms with Crippen LogP contribution in [0.2, 0.25) is 0 Å². The molecule has 1 unspecified atom stereocenters. The molecule has 0 spiro atoms. The fraction of sp³-hybridized carbons (Fsp3) is 0.368. The summed E-state index contributed by atoms with van der Waals surface area (Å²) in [4.78, 5) is 0.